The van der Waals surface area contributed by atoms with Crippen molar-refractivity contribution in [1.29, 1.82) is 0 Å². The third-order valence-electron chi connectivity index (χ3n) is 2.68. The van der Waals surface area contributed by atoms with Gasteiger partial charge in [0.25, 0.3) is 0 Å². The summed E-state index contributed by atoms with van der Waals surface area (Å²) < 4.78 is 26.5. The van der Waals surface area contributed by atoms with Crippen molar-refractivity contribution in [3.63, 3.8) is 0 Å². The molecule has 0 saturated heterocycles. The van der Waals surface area contributed by atoms with E-state index in [0.717, 1.165) is 6.08 Å². The molecular formula is C17H24O7. The number of benzene rings is 1. The molecule has 0 aliphatic rings. The van der Waals surface area contributed by atoms with Crippen LogP contribution in [0.1, 0.15) is 0 Å². The lowest BCUT2D eigenvalue weighted by atomic mass is 10.3. The molecule has 0 aromatic heterocycles. The fourth-order valence-electron chi connectivity index (χ4n) is 1.60. The Balaban J connectivity index is 2.27. The molecule has 24 heavy (non-hydrogen) atoms. The SMILES string of the molecule is C=CC(=O)OCC(OCCOCCOCCO)Oc1ccccc1. The Hall–Kier alpha value is -1.93. The van der Waals surface area contributed by atoms with Crippen molar-refractivity contribution in [2.24, 2.45) is 0 Å². The quantitative estimate of drug-likeness (QED) is 0.235. The van der Waals surface area contributed by atoms with E-state index >= 15 is 0 Å². The maximum atomic E-state index is 11.2. The normalized spacial score (nSPS) is 11.7. The number of aliphatic hydroxyl groups is 1. The van der Waals surface area contributed by atoms with E-state index < -0.39 is 12.3 Å². The molecule has 0 fully saturated rings. The van der Waals surface area contributed by atoms with Gasteiger partial charge in [-0.05, 0) is 12.1 Å². The molecule has 1 atom stereocenters. The number of aliphatic hydroxyl groups excluding tert-OH is 1. The molecule has 0 spiro atoms. The van der Waals surface area contributed by atoms with Crippen molar-refractivity contribution in [3.8, 4) is 5.75 Å². The Morgan fingerprint density at radius 3 is 2.42 bits per heavy atom. The standard InChI is InChI=1S/C17H24O7/c1-2-16(19)23-14-17(24-15-6-4-3-5-7-15)22-13-12-21-11-10-20-9-8-18/h2-7,17-18H,1,8-14H2. The summed E-state index contributed by atoms with van der Waals surface area (Å²) in [6, 6.07) is 9.09. The average Bonchev–Trinajstić information content (AvgIpc) is 2.62. The largest absolute Gasteiger partial charge is 0.461 e. The van der Waals surface area contributed by atoms with Crippen molar-refractivity contribution in [2.45, 2.75) is 6.29 Å². The number of carbonyl (C=O) groups excluding carboxylic acids is 1. The second-order valence-corrected chi connectivity index (χ2v) is 4.51. The van der Waals surface area contributed by atoms with Gasteiger partial charge < -0.3 is 28.8 Å². The maximum Gasteiger partial charge on any atom is 0.330 e. The lowest BCUT2D eigenvalue weighted by Crippen LogP contribution is -2.29. The van der Waals surface area contributed by atoms with Gasteiger partial charge >= 0.3 is 5.97 Å². The van der Waals surface area contributed by atoms with Gasteiger partial charge in [0, 0.05) is 6.08 Å². The van der Waals surface area contributed by atoms with Crippen molar-refractivity contribution < 1.29 is 33.6 Å². The number of ether oxygens (including phenoxy) is 5. The minimum Gasteiger partial charge on any atom is -0.461 e. The summed E-state index contributed by atoms with van der Waals surface area (Å²) in [7, 11) is 0. The highest BCUT2D eigenvalue weighted by atomic mass is 16.7. The minimum absolute atomic E-state index is 0.00888. The molecule has 1 rings (SSSR count). The fourth-order valence-corrected chi connectivity index (χ4v) is 1.60. The topological polar surface area (TPSA) is 83.5 Å². The Kier molecular flexibility index (Phi) is 11.3. The second-order valence-electron chi connectivity index (χ2n) is 4.51. The second kappa shape index (κ2) is 13.5. The molecule has 0 amide bonds. The van der Waals surface area contributed by atoms with Crippen LogP contribution in [0.4, 0.5) is 0 Å². The van der Waals surface area contributed by atoms with Crippen LogP contribution in [0.3, 0.4) is 0 Å². The number of esters is 1. The summed E-state index contributed by atoms with van der Waals surface area (Å²) in [4.78, 5) is 11.2. The molecule has 0 bridgehead atoms. The van der Waals surface area contributed by atoms with E-state index in [9.17, 15) is 4.79 Å². The zero-order valence-electron chi connectivity index (χ0n) is 13.6. The smallest absolute Gasteiger partial charge is 0.330 e. The van der Waals surface area contributed by atoms with E-state index in [1.807, 2.05) is 18.2 Å². The molecule has 0 aliphatic heterocycles. The molecule has 7 heteroatoms. The summed E-state index contributed by atoms with van der Waals surface area (Å²) in [6.07, 6.45) is 0.334. The van der Waals surface area contributed by atoms with Crippen molar-refractivity contribution >= 4 is 5.97 Å². The van der Waals surface area contributed by atoms with Crippen LogP contribution in [0, 0.1) is 0 Å². The number of hydrogen-bond acceptors (Lipinski definition) is 7. The molecule has 1 aromatic rings. The lowest BCUT2D eigenvalue weighted by Gasteiger charge is -2.19. The van der Waals surface area contributed by atoms with Crippen LogP contribution in [0.15, 0.2) is 43.0 Å². The summed E-state index contributed by atoms with van der Waals surface area (Å²) in [6.45, 7) is 4.98. The lowest BCUT2D eigenvalue weighted by molar-refractivity contribution is -0.158. The Morgan fingerprint density at radius 2 is 1.75 bits per heavy atom. The van der Waals surface area contributed by atoms with Crippen molar-refractivity contribution in [2.75, 3.05) is 46.2 Å². The van der Waals surface area contributed by atoms with E-state index in [4.69, 9.17) is 28.8 Å². The Labute approximate surface area is 141 Å². The molecular weight excluding hydrogens is 316 g/mol. The molecule has 0 heterocycles. The first-order chi connectivity index (χ1) is 11.8. The molecule has 134 valence electrons. The number of rotatable bonds is 14. The van der Waals surface area contributed by atoms with E-state index in [0.29, 0.717) is 32.2 Å². The highest BCUT2D eigenvalue weighted by Gasteiger charge is 2.13. The third-order valence-corrected chi connectivity index (χ3v) is 2.68. The first kappa shape index (κ1) is 20.1. The fraction of sp³-hybridized carbons (Fsp3) is 0.471. The molecule has 0 aliphatic carbocycles. The maximum absolute atomic E-state index is 11.2. The van der Waals surface area contributed by atoms with Gasteiger partial charge in [0.15, 0.2) is 6.61 Å². The molecule has 1 aromatic carbocycles. The van der Waals surface area contributed by atoms with Crippen LogP contribution in [0.25, 0.3) is 0 Å². The van der Waals surface area contributed by atoms with Gasteiger partial charge in [-0.3, -0.25) is 0 Å². The van der Waals surface area contributed by atoms with Crippen LogP contribution in [-0.4, -0.2) is 63.6 Å². The van der Waals surface area contributed by atoms with Gasteiger partial charge in [0.1, 0.15) is 5.75 Å². The van der Waals surface area contributed by atoms with Gasteiger partial charge in [0.2, 0.25) is 6.29 Å². The van der Waals surface area contributed by atoms with E-state index in [1.54, 1.807) is 12.1 Å². The highest BCUT2D eigenvalue weighted by Crippen LogP contribution is 2.12. The zero-order valence-corrected chi connectivity index (χ0v) is 13.6. The van der Waals surface area contributed by atoms with Gasteiger partial charge in [-0.2, -0.15) is 0 Å². The first-order valence-corrected chi connectivity index (χ1v) is 7.65. The first-order valence-electron chi connectivity index (χ1n) is 7.65. The van der Waals surface area contributed by atoms with Gasteiger partial charge in [-0.25, -0.2) is 4.79 Å². The zero-order chi connectivity index (χ0) is 17.5. The number of carbonyl (C=O) groups is 1. The van der Waals surface area contributed by atoms with Crippen LogP contribution in [0.2, 0.25) is 0 Å². The van der Waals surface area contributed by atoms with Gasteiger partial charge in [0.05, 0.1) is 39.6 Å². The number of hydrogen-bond donors (Lipinski definition) is 1. The summed E-state index contributed by atoms with van der Waals surface area (Å²) in [5.41, 5.74) is 0. The van der Waals surface area contributed by atoms with Crippen LogP contribution in [0.5, 0.6) is 5.75 Å². The average molecular weight is 340 g/mol. The molecule has 7 nitrogen and oxygen atoms in total. The minimum atomic E-state index is -0.745. The van der Waals surface area contributed by atoms with Crippen molar-refractivity contribution in [1.82, 2.24) is 0 Å². The third kappa shape index (κ3) is 9.96. The monoisotopic (exact) mass is 340 g/mol. The molecule has 1 N–H and O–H groups in total. The van der Waals surface area contributed by atoms with Crippen LogP contribution >= 0.6 is 0 Å². The van der Waals surface area contributed by atoms with Crippen molar-refractivity contribution in [3.05, 3.63) is 43.0 Å². The summed E-state index contributed by atoms with van der Waals surface area (Å²) >= 11 is 0. The van der Waals surface area contributed by atoms with E-state index in [2.05, 4.69) is 6.58 Å². The Morgan fingerprint density at radius 1 is 1.08 bits per heavy atom. The predicted octanol–water partition coefficient (Wildman–Crippen LogP) is 1.16. The molecule has 1 unspecified atom stereocenters. The Bertz CT molecular complexity index is 450. The van der Waals surface area contributed by atoms with E-state index in [-0.39, 0.29) is 19.8 Å². The number of para-hydroxylation sites is 1. The van der Waals surface area contributed by atoms with Crippen LogP contribution < -0.4 is 4.74 Å². The predicted molar refractivity (Wildman–Crippen MR) is 86.7 cm³/mol. The molecule has 0 radical (unpaired) electrons. The summed E-state index contributed by atoms with van der Waals surface area (Å²) in [5.74, 6) is 0.0630. The van der Waals surface area contributed by atoms with Gasteiger partial charge in [-0.1, -0.05) is 24.8 Å². The van der Waals surface area contributed by atoms with Gasteiger partial charge in [-0.15, -0.1) is 0 Å². The van der Waals surface area contributed by atoms with E-state index in [1.165, 1.54) is 0 Å². The van der Waals surface area contributed by atoms with Crippen LogP contribution in [-0.2, 0) is 23.7 Å². The highest BCUT2D eigenvalue weighted by molar-refractivity contribution is 5.81. The molecule has 0 saturated carbocycles. The summed E-state index contributed by atoms with van der Waals surface area (Å²) in [5, 5.41) is 8.55.